The summed E-state index contributed by atoms with van der Waals surface area (Å²) in [6, 6.07) is 16.3. The molecule has 0 fully saturated rings. The van der Waals surface area contributed by atoms with E-state index in [4.69, 9.17) is 0 Å². The molecule has 0 saturated carbocycles. The van der Waals surface area contributed by atoms with Crippen molar-refractivity contribution < 1.29 is 17.6 Å². The lowest BCUT2D eigenvalue weighted by Gasteiger charge is -2.12. The average Bonchev–Trinajstić information content (AvgIpc) is 3.34. The van der Waals surface area contributed by atoms with Gasteiger partial charge in [0.15, 0.2) is 5.13 Å². The number of sulfonamides is 1. The van der Waals surface area contributed by atoms with Crippen molar-refractivity contribution >= 4 is 49.7 Å². The molecule has 5 rings (SSSR count). The number of hydrogen-bond acceptors (Lipinski definition) is 9. The van der Waals surface area contributed by atoms with E-state index in [9.17, 15) is 17.6 Å². The van der Waals surface area contributed by atoms with Crippen LogP contribution in [0.15, 0.2) is 79.3 Å². The highest BCUT2D eigenvalue weighted by Crippen LogP contribution is 2.34. The molecule has 0 atom stereocenters. The normalized spacial score (nSPS) is 11.2. The fraction of sp³-hybridized carbons (Fsp3) is 0.0741. The Labute approximate surface area is 233 Å². The van der Waals surface area contributed by atoms with Gasteiger partial charge in [-0.1, -0.05) is 29.5 Å². The van der Waals surface area contributed by atoms with Crippen LogP contribution in [-0.4, -0.2) is 40.5 Å². The molecular weight excluding hydrogens is 553 g/mol. The third-order valence-corrected chi connectivity index (χ3v) is 7.29. The number of carbonyl (C=O) groups is 1. The largest absolute Gasteiger partial charge is 0.324 e. The minimum Gasteiger partial charge on any atom is -0.324 e. The van der Waals surface area contributed by atoms with Gasteiger partial charge in [0, 0.05) is 35.5 Å². The molecule has 5 aromatic rings. The highest BCUT2D eigenvalue weighted by Gasteiger charge is 2.22. The average molecular weight is 576 g/mol. The highest BCUT2D eigenvalue weighted by atomic mass is 32.2. The van der Waals surface area contributed by atoms with Crippen LogP contribution in [0.4, 0.5) is 26.8 Å². The molecule has 3 N–H and O–H groups in total. The number of anilines is 4. The Morgan fingerprint density at radius 2 is 1.77 bits per heavy atom. The van der Waals surface area contributed by atoms with Crippen molar-refractivity contribution in [1.29, 1.82) is 0 Å². The summed E-state index contributed by atoms with van der Waals surface area (Å²) in [5.41, 5.74) is 4.05. The predicted molar refractivity (Wildman–Crippen MR) is 154 cm³/mol. The van der Waals surface area contributed by atoms with Crippen molar-refractivity contribution in [3.8, 4) is 21.7 Å². The summed E-state index contributed by atoms with van der Waals surface area (Å²) in [4.78, 5) is 30.9. The summed E-state index contributed by atoms with van der Waals surface area (Å²) in [7, 11) is -3.63. The smallest absolute Gasteiger partial charge is 0.275 e. The SMILES string of the molecule is Cc1ccc(NC(=O)c2nc(NS(C)(=O)=O)sc2-c2ccc(F)cc2)cc1Nc1nccc(-c2cccnc2)n1. The molecule has 0 unspecified atom stereocenters. The molecule has 40 heavy (non-hydrogen) atoms. The maximum atomic E-state index is 13.5. The number of aromatic nitrogens is 4. The second kappa shape index (κ2) is 11.2. The minimum absolute atomic E-state index is 0.00894. The number of aryl methyl sites for hydroxylation is 1. The van der Waals surface area contributed by atoms with Gasteiger partial charge in [-0.05, 0) is 60.5 Å². The van der Waals surface area contributed by atoms with Crippen LogP contribution < -0.4 is 15.4 Å². The third kappa shape index (κ3) is 6.45. The van der Waals surface area contributed by atoms with Gasteiger partial charge < -0.3 is 10.6 Å². The number of amides is 1. The number of nitrogens with one attached hydrogen (secondary N) is 3. The summed E-state index contributed by atoms with van der Waals surface area (Å²) in [6.07, 6.45) is 6.02. The van der Waals surface area contributed by atoms with Crippen molar-refractivity contribution in [2.75, 3.05) is 21.6 Å². The zero-order chi connectivity index (χ0) is 28.3. The van der Waals surface area contributed by atoms with E-state index in [1.807, 2.05) is 25.1 Å². The lowest BCUT2D eigenvalue weighted by atomic mass is 10.1. The van der Waals surface area contributed by atoms with Gasteiger partial charge in [0.1, 0.15) is 11.5 Å². The van der Waals surface area contributed by atoms with Crippen LogP contribution in [0.5, 0.6) is 0 Å². The van der Waals surface area contributed by atoms with E-state index in [2.05, 4.69) is 35.3 Å². The van der Waals surface area contributed by atoms with Gasteiger partial charge in [0.25, 0.3) is 5.91 Å². The number of halogens is 1. The van der Waals surface area contributed by atoms with Gasteiger partial charge in [-0.3, -0.25) is 14.5 Å². The Morgan fingerprint density at radius 1 is 0.975 bits per heavy atom. The predicted octanol–water partition coefficient (Wildman–Crippen LogP) is 5.48. The van der Waals surface area contributed by atoms with Crippen LogP contribution in [-0.2, 0) is 10.0 Å². The summed E-state index contributed by atoms with van der Waals surface area (Å²) in [6.45, 7) is 1.90. The molecule has 13 heteroatoms. The molecule has 0 aliphatic heterocycles. The van der Waals surface area contributed by atoms with Crippen molar-refractivity contribution in [2.45, 2.75) is 6.92 Å². The quantitative estimate of drug-likeness (QED) is 0.221. The minimum atomic E-state index is -3.63. The summed E-state index contributed by atoms with van der Waals surface area (Å²) >= 11 is 0.973. The molecule has 2 aromatic carbocycles. The molecule has 0 spiro atoms. The molecule has 202 valence electrons. The summed E-state index contributed by atoms with van der Waals surface area (Å²) in [5, 5.41) is 6.02. The van der Waals surface area contributed by atoms with Gasteiger partial charge in [-0.25, -0.2) is 27.8 Å². The standard InChI is InChI=1S/C27H22FN7O3S2/c1-16-5-10-20(14-22(16)33-26-30-13-11-21(32-26)18-4-3-12-29-15-18)31-25(36)23-24(17-6-8-19(28)9-7-17)39-27(34-23)35-40(2,37)38/h3-15H,1-2H3,(H,31,36)(H,34,35)(H,30,32,33). The van der Waals surface area contributed by atoms with Gasteiger partial charge in [-0.2, -0.15) is 0 Å². The molecule has 0 aliphatic rings. The summed E-state index contributed by atoms with van der Waals surface area (Å²) < 4.78 is 39.3. The van der Waals surface area contributed by atoms with E-state index in [1.165, 1.54) is 24.3 Å². The number of nitrogens with zero attached hydrogens (tertiary/aromatic N) is 4. The second-order valence-corrected chi connectivity index (χ2v) is 11.4. The zero-order valence-electron chi connectivity index (χ0n) is 21.2. The number of benzene rings is 2. The molecule has 0 aliphatic carbocycles. The Hall–Kier alpha value is -4.75. The number of rotatable bonds is 8. The van der Waals surface area contributed by atoms with Crippen LogP contribution in [0, 0.1) is 12.7 Å². The van der Waals surface area contributed by atoms with E-state index in [1.54, 1.807) is 36.8 Å². The van der Waals surface area contributed by atoms with Crippen LogP contribution in [0.2, 0.25) is 0 Å². The number of carbonyl (C=O) groups excluding carboxylic acids is 1. The van der Waals surface area contributed by atoms with Gasteiger partial charge in [0.05, 0.1) is 16.8 Å². The van der Waals surface area contributed by atoms with Crippen LogP contribution in [0.3, 0.4) is 0 Å². The lowest BCUT2D eigenvalue weighted by Crippen LogP contribution is -2.14. The lowest BCUT2D eigenvalue weighted by molar-refractivity contribution is 0.102. The fourth-order valence-electron chi connectivity index (χ4n) is 3.71. The molecule has 3 aromatic heterocycles. The highest BCUT2D eigenvalue weighted by molar-refractivity contribution is 7.92. The third-order valence-electron chi connectivity index (χ3n) is 5.58. The maximum absolute atomic E-state index is 13.5. The topological polar surface area (TPSA) is 139 Å². The van der Waals surface area contributed by atoms with Crippen LogP contribution in [0.1, 0.15) is 16.1 Å². The van der Waals surface area contributed by atoms with E-state index in [-0.39, 0.29) is 10.8 Å². The van der Waals surface area contributed by atoms with Crippen LogP contribution >= 0.6 is 11.3 Å². The fourth-order valence-corrected chi connectivity index (χ4v) is 5.52. The molecule has 1 amide bonds. The van der Waals surface area contributed by atoms with Gasteiger partial charge in [0.2, 0.25) is 16.0 Å². The summed E-state index contributed by atoms with van der Waals surface area (Å²) in [5.74, 6) is -0.646. The molecule has 0 saturated heterocycles. The van der Waals surface area contributed by atoms with Crippen molar-refractivity contribution in [2.24, 2.45) is 0 Å². The van der Waals surface area contributed by atoms with Gasteiger partial charge in [-0.15, -0.1) is 0 Å². The van der Waals surface area contributed by atoms with E-state index in [0.717, 1.165) is 28.7 Å². The maximum Gasteiger partial charge on any atom is 0.275 e. The monoisotopic (exact) mass is 575 g/mol. The van der Waals surface area contributed by atoms with E-state index >= 15 is 0 Å². The molecule has 0 bridgehead atoms. The number of hydrogen-bond donors (Lipinski definition) is 3. The van der Waals surface area contributed by atoms with Crippen molar-refractivity contribution in [3.63, 3.8) is 0 Å². The molecule has 10 nitrogen and oxygen atoms in total. The first kappa shape index (κ1) is 26.8. The zero-order valence-corrected chi connectivity index (χ0v) is 22.8. The first-order valence-electron chi connectivity index (χ1n) is 11.8. The van der Waals surface area contributed by atoms with Crippen molar-refractivity contribution in [1.82, 2.24) is 19.9 Å². The van der Waals surface area contributed by atoms with E-state index in [0.29, 0.717) is 33.5 Å². The van der Waals surface area contributed by atoms with Crippen molar-refractivity contribution in [3.05, 3.63) is 96.3 Å². The Morgan fingerprint density at radius 3 is 2.50 bits per heavy atom. The first-order chi connectivity index (χ1) is 19.1. The Balaban J connectivity index is 1.41. The molecular formula is C27H22FN7O3S2. The Bertz CT molecular complexity index is 1800. The molecule has 0 radical (unpaired) electrons. The van der Waals surface area contributed by atoms with Gasteiger partial charge >= 0.3 is 0 Å². The molecule has 3 heterocycles. The number of pyridine rings is 1. The first-order valence-corrected chi connectivity index (χ1v) is 14.5. The van der Waals surface area contributed by atoms with Crippen LogP contribution in [0.25, 0.3) is 21.7 Å². The second-order valence-electron chi connectivity index (χ2n) is 8.69. The Kier molecular flexibility index (Phi) is 7.49. The van der Waals surface area contributed by atoms with E-state index < -0.39 is 21.7 Å². The number of thiazole rings is 1.